The number of carbonyl (C=O) groups excluding carboxylic acids is 1. The van der Waals surface area contributed by atoms with Gasteiger partial charge in [0.1, 0.15) is 13.2 Å². The molecule has 1 N–H and O–H groups in total. The molecule has 0 spiro atoms. The Labute approximate surface area is 218 Å². The summed E-state index contributed by atoms with van der Waals surface area (Å²) >= 11 is 0. The first-order valence-electron chi connectivity index (χ1n) is 11.9. The van der Waals surface area contributed by atoms with Crippen molar-refractivity contribution < 1.29 is 22.7 Å². The minimum absolute atomic E-state index is 0.0967. The van der Waals surface area contributed by atoms with Crippen molar-refractivity contribution in [3.8, 4) is 11.5 Å². The van der Waals surface area contributed by atoms with Gasteiger partial charge in [-0.25, -0.2) is 13.8 Å². The Morgan fingerprint density at radius 3 is 2.43 bits per heavy atom. The third kappa shape index (κ3) is 7.20. The molecule has 1 amide bonds. The predicted octanol–water partition coefficient (Wildman–Crippen LogP) is 4.56. The summed E-state index contributed by atoms with van der Waals surface area (Å²) in [4.78, 5) is 12.9. The van der Waals surface area contributed by atoms with Crippen molar-refractivity contribution in [3.05, 3.63) is 96.6 Å². The summed E-state index contributed by atoms with van der Waals surface area (Å²) in [5.74, 6) is 0.521. The molecule has 0 aliphatic carbocycles. The first-order valence-corrected chi connectivity index (χ1v) is 13.3. The number of benzene rings is 3. The predicted molar refractivity (Wildman–Crippen MR) is 146 cm³/mol. The molecule has 3 aromatic rings. The Bertz CT molecular complexity index is 1340. The summed E-state index contributed by atoms with van der Waals surface area (Å²) in [6.07, 6.45) is 3.69. The second-order valence-electron chi connectivity index (χ2n) is 7.84. The monoisotopic (exact) mass is 521 g/mol. The molecular weight excluding hydrogens is 490 g/mol. The topological polar surface area (TPSA) is 97.3 Å². The van der Waals surface area contributed by atoms with Gasteiger partial charge in [0.05, 0.1) is 23.4 Å². The van der Waals surface area contributed by atoms with Gasteiger partial charge in [-0.05, 0) is 60.9 Å². The Hall–Kier alpha value is -4.11. The zero-order valence-corrected chi connectivity index (χ0v) is 21.8. The SMILES string of the molecule is C=CCOc1ccc(/C=N\NC(=O)CN(c2ccccc2CC)S(=O)(=O)c2ccccc2)cc1OCC. The number of hydrogen-bond donors (Lipinski definition) is 1. The molecule has 0 saturated heterocycles. The Balaban J connectivity index is 1.81. The fraction of sp³-hybridized carbons (Fsp3) is 0.214. The molecule has 37 heavy (non-hydrogen) atoms. The summed E-state index contributed by atoms with van der Waals surface area (Å²) < 4.78 is 39.4. The minimum Gasteiger partial charge on any atom is -0.490 e. The number of para-hydroxylation sites is 1. The lowest BCUT2D eigenvalue weighted by atomic mass is 10.1. The van der Waals surface area contributed by atoms with Crippen LogP contribution in [-0.4, -0.2) is 40.3 Å². The van der Waals surface area contributed by atoms with Crippen molar-refractivity contribution in [1.82, 2.24) is 5.43 Å². The standard InChI is InChI=1S/C28H31N3O5S/c1-4-18-36-26-17-16-22(19-27(26)35-6-3)20-29-30-28(32)21-31(25-15-11-10-12-23(25)5-2)37(33,34)24-13-8-7-9-14-24/h4,7-17,19-20H,1,5-6,18,21H2,2-3H3,(H,30,32)/b29-20-. The Morgan fingerprint density at radius 2 is 1.73 bits per heavy atom. The van der Waals surface area contributed by atoms with Crippen LogP contribution in [0.15, 0.2) is 95.4 Å². The number of rotatable bonds is 13. The third-order valence-electron chi connectivity index (χ3n) is 5.29. The van der Waals surface area contributed by atoms with Gasteiger partial charge in [-0.3, -0.25) is 9.10 Å². The molecule has 194 valence electrons. The maximum absolute atomic E-state index is 13.5. The molecule has 0 radical (unpaired) electrons. The van der Waals surface area contributed by atoms with E-state index in [0.717, 1.165) is 9.87 Å². The van der Waals surface area contributed by atoms with Crippen LogP contribution in [0.4, 0.5) is 5.69 Å². The fourth-order valence-corrected chi connectivity index (χ4v) is 5.04. The first kappa shape index (κ1) is 27.5. The number of nitrogens with one attached hydrogen (secondary N) is 1. The van der Waals surface area contributed by atoms with E-state index < -0.39 is 22.5 Å². The van der Waals surface area contributed by atoms with Gasteiger partial charge in [0.2, 0.25) is 0 Å². The normalized spacial score (nSPS) is 11.2. The van der Waals surface area contributed by atoms with Crippen molar-refractivity contribution in [2.75, 3.05) is 24.1 Å². The van der Waals surface area contributed by atoms with E-state index in [1.165, 1.54) is 18.3 Å². The Morgan fingerprint density at radius 1 is 1.00 bits per heavy atom. The van der Waals surface area contributed by atoms with Crippen LogP contribution in [0.25, 0.3) is 0 Å². The molecule has 0 unspecified atom stereocenters. The maximum atomic E-state index is 13.5. The molecule has 0 aliphatic rings. The molecule has 8 nitrogen and oxygen atoms in total. The van der Waals surface area contributed by atoms with E-state index in [0.29, 0.717) is 42.4 Å². The van der Waals surface area contributed by atoms with Crippen LogP contribution < -0.4 is 19.2 Å². The number of amides is 1. The number of aryl methyl sites for hydroxylation is 1. The molecule has 0 heterocycles. The van der Waals surface area contributed by atoms with E-state index >= 15 is 0 Å². The third-order valence-corrected chi connectivity index (χ3v) is 7.06. The van der Waals surface area contributed by atoms with E-state index in [2.05, 4.69) is 17.1 Å². The lowest BCUT2D eigenvalue weighted by Crippen LogP contribution is -2.40. The highest BCUT2D eigenvalue weighted by atomic mass is 32.2. The van der Waals surface area contributed by atoms with Crippen LogP contribution >= 0.6 is 0 Å². The van der Waals surface area contributed by atoms with Gasteiger partial charge >= 0.3 is 0 Å². The van der Waals surface area contributed by atoms with Crippen molar-refractivity contribution in [2.45, 2.75) is 25.2 Å². The zero-order chi connectivity index (χ0) is 26.7. The van der Waals surface area contributed by atoms with Gasteiger partial charge in [0, 0.05) is 0 Å². The second kappa shape index (κ2) is 13.3. The van der Waals surface area contributed by atoms with Crippen molar-refractivity contribution in [2.24, 2.45) is 5.10 Å². The summed E-state index contributed by atoms with van der Waals surface area (Å²) in [7, 11) is -4.00. The quantitative estimate of drug-likeness (QED) is 0.202. The van der Waals surface area contributed by atoms with Gasteiger partial charge in [0.25, 0.3) is 15.9 Å². The van der Waals surface area contributed by atoms with Gasteiger partial charge in [-0.15, -0.1) is 0 Å². The molecule has 0 atom stereocenters. The maximum Gasteiger partial charge on any atom is 0.264 e. The zero-order valence-electron chi connectivity index (χ0n) is 21.0. The van der Waals surface area contributed by atoms with Crippen LogP contribution in [0.5, 0.6) is 11.5 Å². The fourth-order valence-electron chi connectivity index (χ4n) is 3.56. The lowest BCUT2D eigenvalue weighted by molar-refractivity contribution is -0.119. The molecule has 3 aromatic carbocycles. The van der Waals surface area contributed by atoms with Crippen LogP contribution in [0.2, 0.25) is 0 Å². The van der Waals surface area contributed by atoms with Crippen LogP contribution in [-0.2, 0) is 21.2 Å². The van der Waals surface area contributed by atoms with E-state index in [1.807, 2.05) is 26.0 Å². The van der Waals surface area contributed by atoms with Gasteiger partial charge < -0.3 is 9.47 Å². The number of nitrogens with zero attached hydrogens (tertiary/aromatic N) is 2. The van der Waals surface area contributed by atoms with Crippen LogP contribution in [0.3, 0.4) is 0 Å². The highest BCUT2D eigenvalue weighted by Crippen LogP contribution is 2.29. The summed E-state index contributed by atoms with van der Waals surface area (Å²) in [6.45, 7) is 7.79. The number of ether oxygens (including phenoxy) is 2. The summed E-state index contributed by atoms with van der Waals surface area (Å²) in [5, 5.41) is 4.02. The number of anilines is 1. The Kier molecular flexibility index (Phi) is 9.85. The van der Waals surface area contributed by atoms with Crippen molar-refractivity contribution >= 4 is 27.8 Å². The molecule has 0 saturated carbocycles. The van der Waals surface area contributed by atoms with E-state index in [4.69, 9.17) is 9.47 Å². The lowest BCUT2D eigenvalue weighted by Gasteiger charge is -2.25. The average Bonchev–Trinajstić information content (AvgIpc) is 2.92. The van der Waals surface area contributed by atoms with Crippen LogP contribution in [0, 0.1) is 0 Å². The number of hydrogen-bond acceptors (Lipinski definition) is 6. The average molecular weight is 522 g/mol. The van der Waals surface area contributed by atoms with E-state index in [-0.39, 0.29) is 4.90 Å². The smallest absolute Gasteiger partial charge is 0.264 e. The van der Waals surface area contributed by atoms with E-state index in [9.17, 15) is 13.2 Å². The second-order valence-corrected chi connectivity index (χ2v) is 9.70. The van der Waals surface area contributed by atoms with E-state index in [1.54, 1.807) is 54.6 Å². The highest BCUT2D eigenvalue weighted by Gasteiger charge is 2.28. The minimum atomic E-state index is -4.00. The molecule has 0 aliphatic heterocycles. The van der Waals surface area contributed by atoms with Gasteiger partial charge in [-0.1, -0.05) is 56.0 Å². The van der Waals surface area contributed by atoms with Crippen molar-refractivity contribution in [3.63, 3.8) is 0 Å². The van der Waals surface area contributed by atoms with Gasteiger partial charge in [-0.2, -0.15) is 5.10 Å². The molecule has 3 rings (SSSR count). The number of carbonyl (C=O) groups is 1. The summed E-state index contributed by atoms with van der Waals surface area (Å²) in [5.41, 5.74) is 4.35. The molecule has 0 aromatic heterocycles. The molecule has 9 heteroatoms. The van der Waals surface area contributed by atoms with Gasteiger partial charge in [0.15, 0.2) is 11.5 Å². The largest absolute Gasteiger partial charge is 0.490 e. The summed E-state index contributed by atoms with van der Waals surface area (Å²) in [6, 6.07) is 20.4. The highest BCUT2D eigenvalue weighted by molar-refractivity contribution is 7.92. The van der Waals surface area contributed by atoms with Crippen LogP contribution in [0.1, 0.15) is 25.0 Å². The first-order chi connectivity index (χ1) is 17.9. The molecular formula is C28H31N3O5S. The number of hydrazone groups is 1. The van der Waals surface area contributed by atoms with Crippen molar-refractivity contribution in [1.29, 1.82) is 0 Å². The molecule has 0 fully saturated rings. The number of sulfonamides is 1. The molecule has 0 bridgehead atoms.